The molecule has 4 nitrogen and oxygen atoms in total. The van der Waals surface area contributed by atoms with Crippen LogP contribution in [0.1, 0.15) is 24.2 Å². The predicted octanol–water partition coefficient (Wildman–Crippen LogP) is 4.05. The van der Waals surface area contributed by atoms with Gasteiger partial charge in [0.1, 0.15) is 5.75 Å². The summed E-state index contributed by atoms with van der Waals surface area (Å²) < 4.78 is 5.29. The molecule has 0 aliphatic carbocycles. The average molecular weight is 320 g/mol. The molecule has 3 rings (SSSR count). The lowest BCUT2D eigenvalue weighted by atomic mass is 10.0. The number of pyridine rings is 1. The molecule has 0 spiro atoms. The van der Waals surface area contributed by atoms with Crippen LogP contribution < -0.4 is 10.1 Å². The highest BCUT2D eigenvalue weighted by molar-refractivity contribution is 6.07. The van der Waals surface area contributed by atoms with Crippen LogP contribution in [-0.2, 0) is 0 Å². The summed E-state index contributed by atoms with van der Waals surface area (Å²) in [6.07, 6.45) is 0. The SMILES string of the molecule is COc1cccc(-c2cc(C(=O)NC(C)C)c3ccccc3n2)c1. The Kier molecular flexibility index (Phi) is 4.47. The lowest BCUT2D eigenvalue weighted by Crippen LogP contribution is -2.30. The molecule has 0 radical (unpaired) electrons. The van der Waals surface area contributed by atoms with Crippen molar-refractivity contribution in [1.82, 2.24) is 10.3 Å². The van der Waals surface area contributed by atoms with Gasteiger partial charge >= 0.3 is 0 Å². The number of aromatic nitrogens is 1. The zero-order chi connectivity index (χ0) is 17.1. The van der Waals surface area contributed by atoms with E-state index in [-0.39, 0.29) is 11.9 Å². The third kappa shape index (κ3) is 3.23. The van der Waals surface area contributed by atoms with Gasteiger partial charge in [0.15, 0.2) is 0 Å². The third-order valence-corrected chi connectivity index (χ3v) is 3.75. The van der Waals surface area contributed by atoms with Gasteiger partial charge in [-0.3, -0.25) is 4.79 Å². The number of rotatable bonds is 4. The zero-order valence-corrected chi connectivity index (χ0v) is 14.0. The number of hydrogen-bond acceptors (Lipinski definition) is 3. The number of benzene rings is 2. The molecule has 122 valence electrons. The minimum atomic E-state index is -0.0900. The number of hydrogen-bond donors (Lipinski definition) is 1. The fourth-order valence-electron chi connectivity index (χ4n) is 2.63. The van der Waals surface area contributed by atoms with Gasteiger partial charge in [0, 0.05) is 17.0 Å². The van der Waals surface area contributed by atoms with Crippen molar-refractivity contribution in [2.75, 3.05) is 7.11 Å². The van der Waals surface area contributed by atoms with E-state index < -0.39 is 0 Å². The first-order valence-electron chi connectivity index (χ1n) is 7.93. The van der Waals surface area contributed by atoms with Crippen LogP contribution in [0, 0.1) is 0 Å². The van der Waals surface area contributed by atoms with Gasteiger partial charge < -0.3 is 10.1 Å². The molecule has 4 heteroatoms. The van der Waals surface area contributed by atoms with Crippen LogP contribution in [0.15, 0.2) is 54.6 Å². The predicted molar refractivity (Wildman–Crippen MR) is 96.3 cm³/mol. The van der Waals surface area contributed by atoms with E-state index in [1.165, 1.54) is 0 Å². The standard InChI is InChI=1S/C20H20N2O2/c1-13(2)21-20(23)17-12-19(14-7-6-8-15(11-14)24-3)22-18-10-5-4-9-16(17)18/h4-13H,1-3H3,(H,21,23). The molecule has 0 bridgehead atoms. The van der Waals surface area contributed by atoms with Gasteiger partial charge in [-0.1, -0.05) is 30.3 Å². The monoisotopic (exact) mass is 320 g/mol. The molecule has 2 aromatic carbocycles. The number of methoxy groups -OCH3 is 1. The lowest BCUT2D eigenvalue weighted by molar-refractivity contribution is 0.0945. The molecule has 1 aromatic heterocycles. The second kappa shape index (κ2) is 6.71. The Morgan fingerprint density at radius 1 is 1.08 bits per heavy atom. The summed E-state index contributed by atoms with van der Waals surface area (Å²) >= 11 is 0. The Morgan fingerprint density at radius 2 is 1.88 bits per heavy atom. The third-order valence-electron chi connectivity index (χ3n) is 3.75. The maximum absolute atomic E-state index is 12.6. The van der Waals surface area contributed by atoms with Crippen molar-refractivity contribution < 1.29 is 9.53 Å². The smallest absolute Gasteiger partial charge is 0.252 e. The number of carbonyl (C=O) groups excluding carboxylic acids is 1. The summed E-state index contributed by atoms with van der Waals surface area (Å²) in [4.78, 5) is 17.3. The van der Waals surface area contributed by atoms with Crippen LogP contribution in [0.4, 0.5) is 0 Å². The van der Waals surface area contributed by atoms with E-state index in [2.05, 4.69) is 5.32 Å². The first-order chi connectivity index (χ1) is 11.6. The molecule has 0 aliphatic heterocycles. The van der Waals surface area contributed by atoms with E-state index in [4.69, 9.17) is 9.72 Å². The quantitative estimate of drug-likeness (QED) is 0.789. The molecule has 0 unspecified atom stereocenters. The van der Waals surface area contributed by atoms with E-state index in [0.717, 1.165) is 27.9 Å². The Morgan fingerprint density at radius 3 is 2.62 bits per heavy atom. The molecule has 0 saturated heterocycles. The molecule has 0 atom stereocenters. The van der Waals surface area contributed by atoms with Crippen molar-refractivity contribution in [3.8, 4) is 17.0 Å². The van der Waals surface area contributed by atoms with E-state index in [1.807, 2.05) is 68.4 Å². The van der Waals surface area contributed by atoms with E-state index in [1.54, 1.807) is 7.11 Å². The van der Waals surface area contributed by atoms with E-state index in [0.29, 0.717) is 5.56 Å². The van der Waals surface area contributed by atoms with Crippen molar-refractivity contribution in [3.63, 3.8) is 0 Å². The lowest BCUT2D eigenvalue weighted by Gasteiger charge is -2.12. The summed E-state index contributed by atoms with van der Waals surface area (Å²) in [5.74, 6) is 0.670. The average Bonchev–Trinajstić information content (AvgIpc) is 2.60. The Bertz CT molecular complexity index is 888. The summed E-state index contributed by atoms with van der Waals surface area (Å²) in [5.41, 5.74) is 3.10. The molecular formula is C20H20N2O2. The maximum Gasteiger partial charge on any atom is 0.252 e. The van der Waals surface area contributed by atoms with Crippen LogP contribution in [0.25, 0.3) is 22.2 Å². The number of ether oxygens (including phenoxy) is 1. The first-order valence-corrected chi connectivity index (χ1v) is 7.93. The Labute approximate surface area is 141 Å². The minimum Gasteiger partial charge on any atom is -0.497 e. The first kappa shape index (κ1) is 16.0. The summed E-state index contributed by atoms with van der Waals surface area (Å²) in [6.45, 7) is 3.90. The van der Waals surface area contributed by atoms with Crippen LogP contribution in [0.2, 0.25) is 0 Å². The second-order valence-electron chi connectivity index (χ2n) is 5.93. The molecule has 1 heterocycles. The fraction of sp³-hybridized carbons (Fsp3) is 0.200. The van der Waals surface area contributed by atoms with Gasteiger partial charge in [-0.25, -0.2) is 4.98 Å². The second-order valence-corrected chi connectivity index (χ2v) is 5.93. The molecule has 1 N–H and O–H groups in total. The molecule has 3 aromatic rings. The van der Waals surface area contributed by atoms with Gasteiger partial charge in [0.05, 0.1) is 23.9 Å². The molecule has 24 heavy (non-hydrogen) atoms. The highest BCUT2D eigenvalue weighted by Gasteiger charge is 2.14. The number of nitrogens with zero attached hydrogens (tertiary/aromatic N) is 1. The minimum absolute atomic E-state index is 0.0738. The van der Waals surface area contributed by atoms with Crippen molar-refractivity contribution in [3.05, 3.63) is 60.2 Å². The van der Waals surface area contributed by atoms with Gasteiger partial charge in [0.2, 0.25) is 0 Å². The summed E-state index contributed by atoms with van der Waals surface area (Å²) in [5, 5.41) is 3.81. The van der Waals surface area contributed by atoms with Crippen molar-refractivity contribution >= 4 is 16.8 Å². The van der Waals surface area contributed by atoms with E-state index in [9.17, 15) is 4.79 Å². The van der Waals surface area contributed by atoms with Gasteiger partial charge in [0.25, 0.3) is 5.91 Å². The normalized spacial score (nSPS) is 10.8. The van der Waals surface area contributed by atoms with Crippen LogP contribution >= 0.6 is 0 Å². The van der Waals surface area contributed by atoms with Gasteiger partial charge in [-0.05, 0) is 38.1 Å². The largest absolute Gasteiger partial charge is 0.497 e. The molecule has 1 amide bonds. The Hall–Kier alpha value is -2.88. The van der Waals surface area contributed by atoms with Crippen LogP contribution in [0.3, 0.4) is 0 Å². The summed E-state index contributed by atoms with van der Waals surface area (Å²) in [7, 11) is 1.63. The molecular weight excluding hydrogens is 300 g/mol. The molecule has 0 fully saturated rings. The number of amides is 1. The van der Waals surface area contributed by atoms with Crippen LogP contribution in [0.5, 0.6) is 5.75 Å². The van der Waals surface area contributed by atoms with Gasteiger partial charge in [-0.2, -0.15) is 0 Å². The number of carbonyl (C=O) groups is 1. The number of fused-ring (bicyclic) bond motifs is 1. The highest BCUT2D eigenvalue weighted by atomic mass is 16.5. The Balaban J connectivity index is 2.17. The van der Waals surface area contributed by atoms with Crippen molar-refractivity contribution in [2.45, 2.75) is 19.9 Å². The van der Waals surface area contributed by atoms with Crippen molar-refractivity contribution in [1.29, 1.82) is 0 Å². The number of nitrogens with one attached hydrogen (secondary N) is 1. The number of para-hydroxylation sites is 1. The van der Waals surface area contributed by atoms with Crippen LogP contribution in [-0.4, -0.2) is 24.0 Å². The van der Waals surface area contributed by atoms with E-state index >= 15 is 0 Å². The summed E-state index contributed by atoms with van der Waals surface area (Å²) in [6, 6.07) is 17.3. The van der Waals surface area contributed by atoms with Gasteiger partial charge in [-0.15, -0.1) is 0 Å². The molecule has 0 saturated carbocycles. The maximum atomic E-state index is 12.6. The highest BCUT2D eigenvalue weighted by Crippen LogP contribution is 2.27. The fourth-order valence-corrected chi connectivity index (χ4v) is 2.63. The zero-order valence-electron chi connectivity index (χ0n) is 14.0. The topological polar surface area (TPSA) is 51.2 Å². The van der Waals surface area contributed by atoms with Crippen molar-refractivity contribution in [2.24, 2.45) is 0 Å². The molecule has 0 aliphatic rings.